The van der Waals surface area contributed by atoms with Gasteiger partial charge in [0.1, 0.15) is 17.1 Å². The van der Waals surface area contributed by atoms with Crippen molar-refractivity contribution in [1.82, 2.24) is 5.32 Å². The van der Waals surface area contributed by atoms with Crippen LogP contribution in [0, 0.1) is 0 Å². The molecule has 1 unspecified atom stereocenters. The van der Waals surface area contributed by atoms with Crippen LogP contribution in [0.3, 0.4) is 0 Å². The number of aryl methyl sites for hydroxylation is 1. The quantitative estimate of drug-likeness (QED) is 0.724. The first-order chi connectivity index (χ1) is 9.86. The molecule has 0 amide bonds. The maximum atomic E-state index is 5.96. The number of rotatable bonds is 6. The summed E-state index contributed by atoms with van der Waals surface area (Å²) in [6.45, 7) is 3.03. The molecular weight excluding hydrogens is 250 g/mol. The van der Waals surface area contributed by atoms with Crippen molar-refractivity contribution in [3.63, 3.8) is 0 Å². The molecule has 3 heteroatoms. The highest BCUT2D eigenvalue weighted by Gasteiger charge is 2.15. The number of hydrogen-bond donors (Lipinski definition) is 1. The molecule has 0 bridgehead atoms. The fourth-order valence-corrected chi connectivity index (χ4v) is 2.51. The highest BCUT2D eigenvalue weighted by Crippen LogP contribution is 2.26. The van der Waals surface area contributed by atoms with Crippen LogP contribution >= 0.6 is 0 Å². The first kappa shape index (κ1) is 13.0. The maximum absolute atomic E-state index is 5.96. The van der Waals surface area contributed by atoms with E-state index in [9.17, 15) is 0 Å². The Morgan fingerprint density at radius 2 is 2.05 bits per heavy atom. The van der Waals surface area contributed by atoms with Crippen molar-refractivity contribution in [3.8, 4) is 0 Å². The maximum Gasteiger partial charge on any atom is 0.134 e. The lowest BCUT2D eigenvalue weighted by Gasteiger charge is -2.14. The molecule has 3 aromatic rings. The van der Waals surface area contributed by atoms with Crippen LogP contribution in [0.25, 0.3) is 11.0 Å². The molecule has 3 rings (SSSR count). The SMILES string of the molecule is CCNC(CCc1ccco1)c1cc2ccccc2o1. The van der Waals surface area contributed by atoms with Gasteiger partial charge in [0.2, 0.25) is 0 Å². The lowest BCUT2D eigenvalue weighted by Crippen LogP contribution is -2.20. The van der Waals surface area contributed by atoms with Gasteiger partial charge in [-0.2, -0.15) is 0 Å². The second kappa shape index (κ2) is 5.97. The second-order valence-electron chi connectivity index (χ2n) is 4.91. The largest absolute Gasteiger partial charge is 0.469 e. The summed E-state index contributed by atoms with van der Waals surface area (Å²) in [4.78, 5) is 0. The molecule has 0 saturated heterocycles. The molecule has 0 aliphatic rings. The normalized spacial score (nSPS) is 12.8. The van der Waals surface area contributed by atoms with E-state index in [0.717, 1.165) is 41.9 Å². The van der Waals surface area contributed by atoms with E-state index in [0.29, 0.717) is 0 Å². The lowest BCUT2D eigenvalue weighted by molar-refractivity contribution is 0.402. The fraction of sp³-hybridized carbons (Fsp3) is 0.294. The minimum Gasteiger partial charge on any atom is -0.469 e. The van der Waals surface area contributed by atoms with Gasteiger partial charge in [-0.1, -0.05) is 25.1 Å². The Morgan fingerprint density at radius 3 is 2.80 bits per heavy atom. The van der Waals surface area contributed by atoms with Crippen LogP contribution in [0.5, 0.6) is 0 Å². The van der Waals surface area contributed by atoms with Crippen molar-refractivity contribution in [3.05, 3.63) is 60.2 Å². The van der Waals surface area contributed by atoms with Gasteiger partial charge in [0.05, 0.1) is 12.3 Å². The van der Waals surface area contributed by atoms with Gasteiger partial charge in [0.15, 0.2) is 0 Å². The fourth-order valence-electron chi connectivity index (χ4n) is 2.51. The highest BCUT2D eigenvalue weighted by molar-refractivity contribution is 5.77. The third-order valence-electron chi connectivity index (χ3n) is 3.50. The molecule has 1 atom stereocenters. The summed E-state index contributed by atoms with van der Waals surface area (Å²) in [7, 11) is 0. The summed E-state index contributed by atoms with van der Waals surface area (Å²) in [5, 5.41) is 4.64. The Bertz CT molecular complexity index is 622. The molecule has 20 heavy (non-hydrogen) atoms. The molecule has 0 fully saturated rings. The van der Waals surface area contributed by atoms with Crippen molar-refractivity contribution >= 4 is 11.0 Å². The number of nitrogens with one attached hydrogen (secondary N) is 1. The van der Waals surface area contributed by atoms with E-state index in [1.807, 2.05) is 30.3 Å². The van der Waals surface area contributed by atoms with Crippen LogP contribution in [-0.2, 0) is 6.42 Å². The molecule has 0 saturated carbocycles. The van der Waals surface area contributed by atoms with Gasteiger partial charge in [-0.15, -0.1) is 0 Å². The molecule has 3 nitrogen and oxygen atoms in total. The van der Waals surface area contributed by atoms with Crippen molar-refractivity contribution in [2.24, 2.45) is 0 Å². The van der Waals surface area contributed by atoms with Crippen LogP contribution in [0.1, 0.15) is 30.9 Å². The predicted molar refractivity (Wildman–Crippen MR) is 79.7 cm³/mol. The zero-order chi connectivity index (χ0) is 13.8. The minimum atomic E-state index is 0.220. The Labute approximate surface area is 118 Å². The Kier molecular flexibility index (Phi) is 3.88. The zero-order valence-electron chi connectivity index (χ0n) is 11.6. The minimum absolute atomic E-state index is 0.220. The molecule has 2 heterocycles. The molecule has 1 N–H and O–H groups in total. The zero-order valence-corrected chi connectivity index (χ0v) is 11.6. The molecular formula is C17H19NO2. The third-order valence-corrected chi connectivity index (χ3v) is 3.50. The topological polar surface area (TPSA) is 38.3 Å². The van der Waals surface area contributed by atoms with E-state index in [4.69, 9.17) is 8.83 Å². The molecule has 0 radical (unpaired) electrons. The van der Waals surface area contributed by atoms with Crippen molar-refractivity contribution in [2.75, 3.05) is 6.54 Å². The summed E-state index contributed by atoms with van der Waals surface area (Å²) in [5.74, 6) is 2.02. The van der Waals surface area contributed by atoms with Gasteiger partial charge >= 0.3 is 0 Å². The lowest BCUT2D eigenvalue weighted by atomic mass is 10.1. The first-order valence-corrected chi connectivity index (χ1v) is 7.11. The standard InChI is InChI=1S/C17H19NO2/c1-2-18-15(10-9-14-7-5-11-19-14)17-12-13-6-3-4-8-16(13)20-17/h3-8,11-12,15,18H,2,9-10H2,1H3. The number of benzene rings is 1. The summed E-state index contributed by atoms with van der Waals surface area (Å²) in [6, 6.07) is 14.4. The van der Waals surface area contributed by atoms with Crippen LogP contribution in [0.2, 0.25) is 0 Å². The number of fused-ring (bicyclic) bond motifs is 1. The predicted octanol–water partition coefficient (Wildman–Crippen LogP) is 4.31. The van der Waals surface area contributed by atoms with Gasteiger partial charge in [-0.25, -0.2) is 0 Å². The van der Waals surface area contributed by atoms with E-state index < -0.39 is 0 Å². The van der Waals surface area contributed by atoms with E-state index >= 15 is 0 Å². The Hall–Kier alpha value is -2.00. The van der Waals surface area contributed by atoms with Crippen molar-refractivity contribution in [2.45, 2.75) is 25.8 Å². The van der Waals surface area contributed by atoms with Gasteiger partial charge < -0.3 is 14.2 Å². The molecule has 0 aliphatic heterocycles. The smallest absolute Gasteiger partial charge is 0.134 e. The summed E-state index contributed by atoms with van der Waals surface area (Å²) in [5.41, 5.74) is 0.948. The van der Waals surface area contributed by atoms with Crippen LogP contribution < -0.4 is 5.32 Å². The van der Waals surface area contributed by atoms with Crippen molar-refractivity contribution < 1.29 is 8.83 Å². The van der Waals surface area contributed by atoms with E-state index in [-0.39, 0.29) is 6.04 Å². The highest BCUT2D eigenvalue weighted by atomic mass is 16.3. The third kappa shape index (κ3) is 2.78. The molecule has 0 spiro atoms. The number of hydrogen-bond acceptors (Lipinski definition) is 3. The van der Waals surface area contributed by atoms with Gasteiger partial charge in [0.25, 0.3) is 0 Å². The summed E-state index contributed by atoms with van der Waals surface area (Å²) >= 11 is 0. The first-order valence-electron chi connectivity index (χ1n) is 7.11. The van der Waals surface area contributed by atoms with E-state index in [1.54, 1.807) is 6.26 Å². The van der Waals surface area contributed by atoms with E-state index in [2.05, 4.69) is 24.4 Å². The Morgan fingerprint density at radius 1 is 1.15 bits per heavy atom. The molecule has 1 aromatic carbocycles. The van der Waals surface area contributed by atoms with Crippen LogP contribution in [-0.4, -0.2) is 6.54 Å². The van der Waals surface area contributed by atoms with Crippen LogP contribution in [0.15, 0.2) is 57.6 Å². The number of para-hydroxylation sites is 1. The number of furan rings is 2. The molecule has 104 valence electrons. The van der Waals surface area contributed by atoms with E-state index in [1.165, 1.54) is 0 Å². The van der Waals surface area contributed by atoms with Crippen molar-refractivity contribution in [1.29, 1.82) is 0 Å². The van der Waals surface area contributed by atoms with Gasteiger partial charge in [-0.05, 0) is 37.2 Å². The Balaban J connectivity index is 1.78. The van der Waals surface area contributed by atoms with Gasteiger partial charge in [-0.3, -0.25) is 0 Å². The van der Waals surface area contributed by atoms with Crippen LogP contribution in [0.4, 0.5) is 0 Å². The monoisotopic (exact) mass is 269 g/mol. The summed E-state index contributed by atoms with van der Waals surface area (Å²) in [6.07, 6.45) is 3.58. The molecule has 2 aromatic heterocycles. The average molecular weight is 269 g/mol. The summed E-state index contributed by atoms with van der Waals surface area (Å²) < 4.78 is 11.4. The average Bonchev–Trinajstić information content (AvgIpc) is 3.12. The van der Waals surface area contributed by atoms with Gasteiger partial charge in [0, 0.05) is 11.8 Å². The molecule has 0 aliphatic carbocycles. The second-order valence-corrected chi connectivity index (χ2v) is 4.91.